The third-order valence-electron chi connectivity index (χ3n) is 17.2. The van der Waals surface area contributed by atoms with Gasteiger partial charge in [0.15, 0.2) is 0 Å². The van der Waals surface area contributed by atoms with Crippen LogP contribution in [0.2, 0.25) is 0 Å². The van der Waals surface area contributed by atoms with Gasteiger partial charge in [0, 0.05) is 74.1 Å². The summed E-state index contributed by atoms with van der Waals surface area (Å²) in [5.74, 6) is 0. The molecule has 0 aliphatic heterocycles. The Kier molecular flexibility index (Phi) is 13.1. The van der Waals surface area contributed by atoms with Crippen molar-refractivity contribution in [3.8, 4) is 124 Å². The molecule has 16 aromatic rings. The van der Waals surface area contributed by atoms with Crippen LogP contribution in [0.15, 0.2) is 304 Å². The first-order chi connectivity index (χ1) is 44.5. The van der Waals surface area contributed by atoms with E-state index in [0.717, 1.165) is 156 Å². The summed E-state index contributed by atoms with van der Waals surface area (Å²) < 4.78 is 4.67. The fourth-order valence-corrected chi connectivity index (χ4v) is 12.9. The molecular weight excluding hydrogens is 1100 g/mol. The Hall–Kier alpha value is -12.6. The molecule has 0 bridgehead atoms. The molecule has 16 rings (SSSR count). The highest BCUT2D eigenvalue weighted by Crippen LogP contribution is 2.46. The number of nitriles is 2. The fourth-order valence-electron chi connectivity index (χ4n) is 12.9. The summed E-state index contributed by atoms with van der Waals surface area (Å²) >= 11 is 0. The summed E-state index contributed by atoms with van der Waals surface area (Å²) in [6.45, 7) is 0. The summed E-state index contributed by atoms with van der Waals surface area (Å²) in [4.78, 5) is 19.3. The highest BCUT2D eigenvalue weighted by molar-refractivity contribution is 6.14. The van der Waals surface area contributed by atoms with Gasteiger partial charge in [-0.05, 0) is 147 Å². The molecule has 0 saturated carbocycles. The molecule has 0 amide bonds. The molecule has 0 radical (unpaired) electrons. The first-order valence-corrected chi connectivity index (χ1v) is 29.8. The largest absolute Gasteiger partial charge is 0.308 e. The van der Waals surface area contributed by atoms with E-state index in [0.29, 0.717) is 11.1 Å². The minimum absolute atomic E-state index is 0.455. The third-order valence-corrected chi connectivity index (χ3v) is 17.2. The molecule has 0 atom stereocenters. The standard InChI is InChI=1S/C82H50N8/c83-51-53-14-13-23-67(40-53)82-80(89-76-47-59(63-32-36-85-72(43-63)55-15-5-1-6-16-55)24-28-68(76)69-29-25-60(48-77(69)89)64-33-37-86-73(44-64)56-17-7-2-8-18-56)41-54(52-84)42-81(82)90-78-49-61(65-34-38-87-74(45-65)57-19-9-3-10-20-57)26-30-70(78)71-31-27-62(50-79(71)90)66-35-39-88-75(46-66)58-21-11-4-12-22-58/h1-50H. The molecule has 8 heteroatoms. The van der Waals surface area contributed by atoms with Crippen LogP contribution in [0.1, 0.15) is 11.1 Å². The van der Waals surface area contributed by atoms with E-state index in [-0.39, 0.29) is 0 Å². The molecule has 0 aliphatic carbocycles. The zero-order chi connectivity index (χ0) is 60.1. The van der Waals surface area contributed by atoms with Gasteiger partial charge in [-0.2, -0.15) is 10.5 Å². The maximum atomic E-state index is 11.6. The fraction of sp³-hybridized carbons (Fsp3) is 0. The molecular formula is C82H50N8. The second kappa shape index (κ2) is 22.3. The van der Waals surface area contributed by atoms with Crippen LogP contribution in [-0.2, 0) is 0 Å². The molecule has 0 aliphatic rings. The Balaban J connectivity index is 1.01. The maximum absolute atomic E-state index is 11.6. The first kappa shape index (κ1) is 52.9. The lowest BCUT2D eigenvalue weighted by atomic mass is 9.96. The van der Waals surface area contributed by atoms with Crippen molar-refractivity contribution in [3.63, 3.8) is 0 Å². The number of pyridine rings is 4. The van der Waals surface area contributed by atoms with Gasteiger partial charge in [0.1, 0.15) is 0 Å². The average Bonchev–Trinajstić information content (AvgIpc) is 1.62. The van der Waals surface area contributed by atoms with Crippen LogP contribution in [0.5, 0.6) is 0 Å². The Morgan fingerprint density at radius 2 is 0.522 bits per heavy atom. The van der Waals surface area contributed by atoms with Gasteiger partial charge in [0.05, 0.1) is 79.5 Å². The van der Waals surface area contributed by atoms with Crippen molar-refractivity contribution in [2.45, 2.75) is 0 Å². The van der Waals surface area contributed by atoms with Gasteiger partial charge in [-0.1, -0.05) is 182 Å². The number of rotatable bonds is 11. The van der Waals surface area contributed by atoms with Crippen LogP contribution in [0.4, 0.5) is 0 Å². The van der Waals surface area contributed by atoms with Crippen LogP contribution >= 0.6 is 0 Å². The molecule has 0 unspecified atom stereocenters. The van der Waals surface area contributed by atoms with Crippen molar-refractivity contribution in [1.82, 2.24) is 29.1 Å². The van der Waals surface area contributed by atoms with Crippen molar-refractivity contribution in [2.75, 3.05) is 0 Å². The van der Waals surface area contributed by atoms with Gasteiger partial charge in [-0.25, -0.2) is 0 Å². The van der Waals surface area contributed by atoms with Crippen LogP contribution in [0, 0.1) is 22.7 Å². The summed E-state index contributed by atoms with van der Waals surface area (Å²) in [7, 11) is 0. The van der Waals surface area contributed by atoms with Gasteiger partial charge in [-0.15, -0.1) is 0 Å². The molecule has 0 fully saturated rings. The predicted octanol–water partition coefficient (Wildman–Crippen LogP) is 20.2. The highest BCUT2D eigenvalue weighted by atomic mass is 15.0. The second-order valence-electron chi connectivity index (χ2n) is 22.5. The molecule has 6 aromatic heterocycles. The average molecular weight is 1150 g/mol. The number of hydrogen-bond donors (Lipinski definition) is 0. The Morgan fingerprint density at radius 1 is 0.233 bits per heavy atom. The topological polar surface area (TPSA) is 109 Å². The number of hydrogen-bond acceptors (Lipinski definition) is 6. The SMILES string of the molecule is N#Cc1cccc(-c2c(-n3c4cc(-c5ccnc(-c6ccccc6)c5)ccc4c4ccc(-c5ccnc(-c6ccccc6)c5)cc43)cc(C#N)cc2-n2c3cc(-c4ccnc(-c5ccccc5)c4)ccc3c3ccc(-c4ccnc(-c5ccccc5)c4)cc32)c1. The van der Waals surface area contributed by atoms with Gasteiger partial charge in [-0.3, -0.25) is 19.9 Å². The van der Waals surface area contributed by atoms with Gasteiger partial charge in [0.25, 0.3) is 0 Å². The minimum Gasteiger partial charge on any atom is -0.308 e. The monoisotopic (exact) mass is 1150 g/mol. The minimum atomic E-state index is 0.455. The number of nitrogens with zero attached hydrogens (tertiary/aromatic N) is 8. The molecule has 0 saturated heterocycles. The molecule has 0 spiro atoms. The molecule has 8 nitrogen and oxygen atoms in total. The van der Waals surface area contributed by atoms with Gasteiger partial charge in [0.2, 0.25) is 0 Å². The Labute approximate surface area is 519 Å². The van der Waals surface area contributed by atoms with E-state index in [4.69, 9.17) is 19.9 Å². The Bertz CT molecular complexity index is 4970. The van der Waals surface area contributed by atoms with Crippen molar-refractivity contribution in [2.24, 2.45) is 0 Å². The highest BCUT2D eigenvalue weighted by Gasteiger charge is 2.26. The first-order valence-electron chi connectivity index (χ1n) is 29.8. The van der Waals surface area contributed by atoms with E-state index in [9.17, 15) is 10.5 Å². The number of fused-ring (bicyclic) bond motifs is 6. The van der Waals surface area contributed by atoms with E-state index in [2.05, 4.69) is 197 Å². The molecule has 6 heterocycles. The normalized spacial score (nSPS) is 11.3. The van der Waals surface area contributed by atoms with Crippen LogP contribution < -0.4 is 0 Å². The predicted molar refractivity (Wildman–Crippen MR) is 365 cm³/mol. The van der Waals surface area contributed by atoms with Crippen molar-refractivity contribution in [3.05, 3.63) is 315 Å². The van der Waals surface area contributed by atoms with Gasteiger partial charge >= 0.3 is 0 Å². The zero-order valence-corrected chi connectivity index (χ0v) is 48.4. The smallest absolute Gasteiger partial charge is 0.0993 e. The molecule has 10 aromatic carbocycles. The lowest BCUT2D eigenvalue weighted by molar-refractivity contribution is 1.13. The molecule has 0 N–H and O–H groups in total. The Morgan fingerprint density at radius 3 is 0.822 bits per heavy atom. The van der Waals surface area contributed by atoms with Crippen LogP contribution in [0.3, 0.4) is 0 Å². The van der Waals surface area contributed by atoms with Crippen molar-refractivity contribution >= 4 is 43.6 Å². The molecule has 418 valence electrons. The quantitative estimate of drug-likeness (QED) is 0.128. The van der Waals surface area contributed by atoms with Crippen LogP contribution in [0.25, 0.3) is 156 Å². The second-order valence-corrected chi connectivity index (χ2v) is 22.5. The lowest BCUT2D eigenvalue weighted by Gasteiger charge is -2.21. The summed E-state index contributed by atoms with van der Waals surface area (Å²) in [5, 5.41) is 26.5. The summed E-state index contributed by atoms with van der Waals surface area (Å²) in [5.41, 5.74) is 23.5. The van der Waals surface area contributed by atoms with Crippen molar-refractivity contribution in [1.29, 1.82) is 10.5 Å². The van der Waals surface area contributed by atoms with E-state index >= 15 is 0 Å². The van der Waals surface area contributed by atoms with E-state index in [1.807, 2.05) is 128 Å². The lowest BCUT2D eigenvalue weighted by Crippen LogP contribution is -2.05. The van der Waals surface area contributed by atoms with Crippen molar-refractivity contribution < 1.29 is 0 Å². The number of aromatic nitrogens is 6. The molecule has 90 heavy (non-hydrogen) atoms. The van der Waals surface area contributed by atoms with E-state index < -0.39 is 0 Å². The maximum Gasteiger partial charge on any atom is 0.0993 e. The van der Waals surface area contributed by atoms with E-state index in [1.165, 1.54) is 0 Å². The zero-order valence-electron chi connectivity index (χ0n) is 48.4. The van der Waals surface area contributed by atoms with E-state index in [1.54, 1.807) is 0 Å². The summed E-state index contributed by atoms with van der Waals surface area (Å²) in [6.07, 6.45) is 7.51. The third kappa shape index (κ3) is 9.51. The summed E-state index contributed by atoms with van der Waals surface area (Å²) in [6, 6.07) is 102. The number of benzene rings is 10. The van der Waals surface area contributed by atoms with Gasteiger partial charge < -0.3 is 9.13 Å². The van der Waals surface area contributed by atoms with Crippen LogP contribution in [-0.4, -0.2) is 29.1 Å².